The van der Waals surface area contributed by atoms with Gasteiger partial charge < -0.3 is 18.7 Å². The van der Waals surface area contributed by atoms with Crippen LogP contribution < -0.4 is 11.2 Å². The lowest BCUT2D eigenvalue weighted by Crippen LogP contribution is -2.44. The minimum atomic E-state index is -0.907. The molecular weight excluding hydrogens is 554 g/mol. The summed E-state index contributed by atoms with van der Waals surface area (Å²) >= 11 is 0. The number of aromatic amines is 1. The van der Waals surface area contributed by atoms with Crippen LogP contribution in [0.15, 0.2) is 107 Å². The average Bonchev–Trinajstić information content (AvgIpc) is 3.67. The molecule has 8 heteroatoms. The highest BCUT2D eigenvalue weighted by Crippen LogP contribution is 2.42. The van der Waals surface area contributed by atoms with E-state index in [1.807, 2.05) is 54.6 Å². The lowest BCUT2D eigenvalue weighted by atomic mass is 9.80. The topological polar surface area (TPSA) is 82.6 Å². The van der Waals surface area contributed by atoms with Gasteiger partial charge in [-0.2, -0.15) is 0 Å². The lowest BCUT2D eigenvalue weighted by Gasteiger charge is -2.37. The van der Waals surface area contributed by atoms with Gasteiger partial charge >= 0.3 is 5.69 Å². The Morgan fingerprint density at radius 1 is 0.886 bits per heavy atom. The Kier molecular flexibility index (Phi) is 8.96. The second kappa shape index (κ2) is 13.0. The smallest absolute Gasteiger partial charge is 0.330 e. The molecular formula is C36H42N3O5+. The van der Waals surface area contributed by atoms with Crippen LogP contribution >= 0.6 is 0 Å². The summed E-state index contributed by atoms with van der Waals surface area (Å²) in [6.45, 7) is 5.76. The van der Waals surface area contributed by atoms with Gasteiger partial charge in [0.2, 0.25) is 0 Å². The normalized spacial score (nSPS) is 21.5. The van der Waals surface area contributed by atoms with Gasteiger partial charge in [-0.25, -0.2) is 4.79 Å². The number of likely N-dealkylation sites (N-methyl/N-ethyl adjacent to an activating group) is 1. The number of rotatable bonds is 11. The van der Waals surface area contributed by atoms with Crippen molar-refractivity contribution in [1.29, 1.82) is 0 Å². The number of H-pyrrole nitrogens is 1. The molecule has 4 aromatic rings. The molecule has 0 unspecified atom stereocenters. The number of nitrogens with zero attached hydrogens (tertiary/aromatic N) is 2. The highest BCUT2D eigenvalue weighted by Gasteiger charge is 2.43. The van der Waals surface area contributed by atoms with E-state index in [0.29, 0.717) is 18.6 Å². The molecule has 3 aromatic carbocycles. The minimum Gasteiger partial charge on any atom is -0.369 e. The summed E-state index contributed by atoms with van der Waals surface area (Å²) in [6.07, 6.45) is 3.20. The molecule has 2 aliphatic heterocycles. The number of quaternary nitrogens is 1. The van der Waals surface area contributed by atoms with E-state index in [9.17, 15) is 9.59 Å². The van der Waals surface area contributed by atoms with Crippen LogP contribution in [0.25, 0.3) is 0 Å². The van der Waals surface area contributed by atoms with E-state index in [1.54, 1.807) is 13.1 Å². The van der Waals surface area contributed by atoms with Crippen molar-refractivity contribution in [3.8, 4) is 0 Å². The molecule has 0 aliphatic carbocycles. The summed E-state index contributed by atoms with van der Waals surface area (Å²) in [5.41, 5.74) is 1.67. The van der Waals surface area contributed by atoms with Gasteiger partial charge in [-0.05, 0) is 23.6 Å². The van der Waals surface area contributed by atoms with Crippen molar-refractivity contribution in [2.24, 2.45) is 0 Å². The molecule has 3 atom stereocenters. The Morgan fingerprint density at radius 2 is 1.43 bits per heavy atom. The van der Waals surface area contributed by atoms with Gasteiger partial charge in [-0.15, -0.1) is 0 Å². The van der Waals surface area contributed by atoms with Gasteiger partial charge in [0, 0.05) is 31.0 Å². The van der Waals surface area contributed by atoms with E-state index in [0.717, 1.165) is 27.7 Å². The first-order chi connectivity index (χ1) is 21.4. The van der Waals surface area contributed by atoms with Crippen LogP contribution in [-0.4, -0.2) is 66.1 Å². The van der Waals surface area contributed by atoms with Crippen molar-refractivity contribution in [3.63, 3.8) is 0 Å². The van der Waals surface area contributed by atoms with Gasteiger partial charge in [0.25, 0.3) is 5.56 Å². The Balaban J connectivity index is 1.33. The first-order valence-corrected chi connectivity index (χ1v) is 15.6. The summed E-state index contributed by atoms with van der Waals surface area (Å²) in [5, 5.41) is 0. The molecule has 0 saturated carbocycles. The fourth-order valence-electron chi connectivity index (χ4n) is 6.72. The average molecular weight is 597 g/mol. The maximum absolute atomic E-state index is 12.8. The number of hydrogen-bond donors (Lipinski definition) is 1. The quantitative estimate of drug-likeness (QED) is 0.199. The summed E-state index contributed by atoms with van der Waals surface area (Å²) in [4.78, 5) is 27.4. The summed E-state index contributed by atoms with van der Waals surface area (Å²) in [5.74, 6) is 0. The standard InChI is InChI=1S/C36H41N3O5/c1-27-25-38(35(41)37-34(27)40)33-24-31(42-23-22-39(2)20-12-13-21-39)32(44-33)26-43-36(28-14-6-3-7-15-28,29-16-8-4-9-17-29)30-18-10-5-11-19-30/h3-11,14-19,25,31-33H,12-13,20-24,26H2,1-2H3/p+1/t31-,32+,33+/m0/s1. The number of hydrogen-bond acceptors (Lipinski definition) is 5. The minimum absolute atomic E-state index is 0.225. The highest BCUT2D eigenvalue weighted by atomic mass is 16.6. The molecule has 0 spiro atoms. The molecule has 2 aliphatic rings. The van der Waals surface area contributed by atoms with Crippen molar-refractivity contribution in [2.45, 2.75) is 50.2 Å². The molecule has 1 aromatic heterocycles. The molecule has 2 fully saturated rings. The lowest BCUT2D eigenvalue weighted by molar-refractivity contribution is -0.898. The van der Waals surface area contributed by atoms with Crippen LogP contribution in [0.3, 0.4) is 0 Å². The first kappa shape index (κ1) is 30.2. The number of ether oxygens (including phenoxy) is 3. The van der Waals surface area contributed by atoms with Crippen LogP contribution in [-0.2, 0) is 19.8 Å². The van der Waals surface area contributed by atoms with Crippen molar-refractivity contribution < 1.29 is 18.7 Å². The van der Waals surface area contributed by atoms with Gasteiger partial charge in [0.15, 0.2) is 0 Å². The number of benzene rings is 3. The van der Waals surface area contributed by atoms with E-state index < -0.39 is 29.2 Å². The molecule has 0 bridgehead atoms. The fourth-order valence-corrected chi connectivity index (χ4v) is 6.72. The molecule has 0 radical (unpaired) electrons. The Bertz CT molecular complexity index is 1530. The monoisotopic (exact) mass is 596 g/mol. The predicted octanol–water partition coefficient (Wildman–Crippen LogP) is 4.77. The third-order valence-electron chi connectivity index (χ3n) is 9.25. The Morgan fingerprint density at radius 3 is 1.98 bits per heavy atom. The van der Waals surface area contributed by atoms with Crippen molar-refractivity contribution >= 4 is 0 Å². The summed E-state index contributed by atoms with van der Waals surface area (Å²) < 4.78 is 22.7. The molecule has 6 rings (SSSR count). The molecule has 3 heterocycles. The molecule has 1 N–H and O–H groups in total. The van der Waals surface area contributed by atoms with Gasteiger partial charge in [-0.3, -0.25) is 14.3 Å². The zero-order chi connectivity index (χ0) is 30.6. The van der Waals surface area contributed by atoms with Crippen molar-refractivity contribution in [2.75, 3.05) is 39.9 Å². The maximum Gasteiger partial charge on any atom is 0.330 e. The molecule has 8 nitrogen and oxygen atoms in total. The molecule has 230 valence electrons. The molecule has 44 heavy (non-hydrogen) atoms. The van der Waals surface area contributed by atoms with Gasteiger partial charge in [-0.1, -0.05) is 91.0 Å². The van der Waals surface area contributed by atoms with Crippen molar-refractivity contribution in [1.82, 2.24) is 9.55 Å². The third kappa shape index (κ3) is 6.21. The molecule has 2 saturated heterocycles. The van der Waals surface area contributed by atoms with Crippen LogP contribution in [0, 0.1) is 6.92 Å². The summed E-state index contributed by atoms with van der Waals surface area (Å²) in [6, 6.07) is 30.7. The first-order valence-electron chi connectivity index (χ1n) is 15.6. The Hall–Kier alpha value is -3.82. The van der Waals surface area contributed by atoms with Gasteiger partial charge in [0.05, 0.1) is 39.5 Å². The van der Waals surface area contributed by atoms with E-state index >= 15 is 0 Å². The van der Waals surface area contributed by atoms with Gasteiger partial charge in [0.1, 0.15) is 24.5 Å². The SMILES string of the molecule is Cc1cn([C@H]2C[C@H](OCC[N+]3(C)CCCC3)[C@@H](COC(c3ccccc3)(c3ccccc3)c3ccccc3)O2)c(=O)[nH]c1=O. The summed E-state index contributed by atoms with van der Waals surface area (Å²) in [7, 11) is 2.29. The zero-order valence-corrected chi connectivity index (χ0v) is 25.6. The van der Waals surface area contributed by atoms with Crippen LogP contribution in [0.5, 0.6) is 0 Å². The fraction of sp³-hybridized carbons (Fsp3) is 0.389. The second-order valence-corrected chi connectivity index (χ2v) is 12.3. The van der Waals surface area contributed by atoms with E-state index in [-0.39, 0.29) is 12.7 Å². The number of aromatic nitrogens is 2. The molecule has 0 amide bonds. The van der Waals surface area contributed by atoms with Crippen molar-refractivity contribution in [3.05, 3.63) is 140 Å². The van der Waals surface area contributed by atoms with E-state index in [4.69, 9.17) is 14.2 Å². The van der Waals surface area contributed by atoms with Crippen LogP contribution in [0.4, 0.5) is 0 Å². The second-order valence-electron chi connectivity index (χ2n) is 12.3. The highest BCUT2D eigenvalue weighted by molar-refractivity contribution is 5.47. The predicted molar refractivity (Wildman–Crippen MR) is 170 cm³/mol. The van der Waals surface area contributed by atoms with Crippen LogP contribution in [0.2, 0.25) is 0 Å². The van der Waals surface area contributed by atoms with E-state index in [2.05, 4.69) is 48.4 Å². The number of aryl methyl sites for hydroxylation is 1. The zero-order valence-electron chi connectivity index (χ0n) is 25.6. The third-order valence-corrected chi connectivity index (χ3v) is 9.25. The Labute approximate surface area is 258 Å². The number of nitrogens with one attached hydrogen (secondary N) is 1. The van der Waals surface area contributed by atoms with Crippen LogP contribution in [0.1, 0.15) is 47.7 Å². The number of likely N-dealkylation sites (tertiary alicyclic amines) is 1. The maximum atomic E-state index is 12.8. The largest absolute Gasteiger partial charge is 0.369 e. The van der Waals surface area contributed by atoms with E-state index in [1.165, 1.54) is 30.5 Å².